The van der Waals surface area contributed by atoms with Gasteiger partial charge in [0.15, 0.2) is 9.84 Å². The number of methoxy groups -OCH3 is 1. The molecule has 2 heterocycles. The fourth-order valence-corrected chi connectivity index (χ4v) is 4.73. The zero-order chi connectivity index (χ0) is 23.0. The number of halogens is 1. The van der Waals surface area contributed by atoms with E-state index in [0.29, 0.717) is 22.6 Å². The minimum atomic E-state index is -3.31. The van der Waals surface area contributed by atoms with Gasteiger partial charge in [-0.1, -0.05) is 6.92 Å². The molecule has 0 fully saturated rings. The first-order valence-corrected chi connectivity index (χ1v) is 12.0. The van der Waals surface area contributed by atoms with E-state index in [1.54, 1.807) is 50.5 Å². The number of pyridine rings is 1. The molecule has 4 rings (SSSR count). The Balaban J connectivity index is 2.02. The van der Waals surface area contributed by atoms with Crippen molar-refractivity contribution in [1.82, 2.24) is 4.57 Å². The zero-order valence-electron chi connectivity index (χ0n) is 18.1. The normalized spacial score (nSPS) is 13.1. The molecule has 0 unspecified atom stereocenters. The first kappa shape index (κ1) is 22.0. The number of rotatable bonds is 5. The third-order valence-corrected chi connectivity index (χ3v) is 7.25. The van der Waals surface area contributed by atoms with Crippen LogP contribution in [-0.4, -0.2) is 31.6 Å². The standard InChI is InChI=1S/C24H23FN2O4S/c1-4-32(29,30)14-17-9-19-20(11-22(17)31-3)24(15-5-7-18(25)8-6-15)26-12-16-10-23(28)27(2)13-21(16)19/h5-11,13H,4,12,14H2,1-3H3. The van der Waals surface area contributed by atoms with Gasteiger partial charge in [0.1, 0.15) is 11.6 Å². The number of nitrogens with zero attached hydrogens (tertiary/aromatic N) is 2. The van der Waals surface area contributed by atoms with Crippen molar-refractivity contribution in [3.63, 3.8) is 0 Å². The predicted octanol–water partition coefficient (Wildman–Crippen LogP) is 3.49. The molecular formula is C24H23FN2O4S. The summed E-state index contributed by atoms with van der Waals surface area (Å²) in [5, 5.41) is 0. The van der Waals surface area contributed by atoms with Gasteiger partial charge in [0.05, 0.1) is 25.1 Å². The summed E-state index contributed by atoms with van der Waals surface area (Å²) in [6.45, 7) is 1.87. The van der Waals surface area contributed by atoms with Gasteiger partial charge < -0.3 is 9.30 Å². The van der Waals surface area contributed by atoms with E-state index >= 15 is 0 Å². The molecule has 0 saturated carbocycles. The van der Waals surface area contributed by atoms with Gasteiger partial charge in [0, 0.05) is 47.3 Å². The van der Waals surface area contributed by atoms with Gasteiger partial charge in [-0.25, -0.2) is 12.8 Å². The number of aromatic nitrogens is 1. The molecule has 6 nitrogen and oxygen atoms in total. The monoisotopic (exact) mass is 454 g/mol. The van der Waals surface area contributed by atoms with Crippen LogP contribution in [0.15, 0.2) is 58.4 Å². The highest BCUT2D eigenvalue weighted by atomic mass is 32.2. The Morgan fingerprint density at radius 1 is 1.09 bits per heavy atom. The summed E-state index contributed by atoms with van der Waals surface area (Å²) in [4.78, 5) is 17.0. The van der Waals surface area contributed by atoms with Crippen molar-refractivity contribution >= 4 is 15.5 Å². The molecule has 0 amide bonds. The maximum Gasteiger partial charge on any atom is 0.250 e. The Bertz CT molecular complexity index is 1390. The lowest BCUT2D eigenvalue weighted by atomic mass is 9.91. The molecule has 8 heteroatoms. The van der Waals surface area contributed by atoms with Crippen LogP contribution < -0.4 is 10.3 Å². The largest absolute Gasteiger partial charge is 0.496 e. The van der Waals surface area contributed by atoms with Gasteiger partial charge in [0.25, 0.3) is 5.56 Å². The molecule has 0 N–H and O–H groups in total. The van der Waals surface area contributed by atoms with Crippen molar-refractivity contribution in [3.05, 3.63) is 87.1 Å². The highest BCUT2D eigenvalue weighted by molar-refractivity contribution is 7.90. The minimum Gasteiger partial charge on any atom is -0.496 e. The minimum absolute atomic E-state index is 0.0145. The lowest BCUT2D eigenvalue weighted by molar-refractivity contribution is 0.411. The molecule has 1 aliphatic heterocycles. The fraction of sp³-hybridized carbons (Fsp3) is 0.250. The molecule has 1 aliphatic rings. The number of fused-ring (bicyclic) bond motifs is 3. The molecule has 0 saturated heterocycles. The van der Waals surface area contributed by atoms with Gasteiger partial charge in [0.2, 0.25) is 0 Å². The van der Waals surface area contributed by atoms with E-state index in [1.807, 2.05) is 0 Å². The molecule has 0 atom stereocenters. The van der Waals surface area contributed by atoms with Crippen LogP contribution in [0.1, 0.15) is 29.2 Å². The molecular weight excluding hydrogens is 431 g/mol. The third kappa shape index (κ3) is 4.10. The topological polar surface area (TPSA) is 77.7 Å². The smallest absolute Gasteiger partial charge is 0.250 e. The van der Waals surface area contributed by atoms with Crippen LogP contribution in [-0.2, 0) is 29.2 Å². The summed E-state index contributed by atoms with van der Waals surface area (Å²) in [5.41, 5.74) is 4.71. The highest BCUT2D eigenvalue weighted by Crippen LogP contribution is 2.37. The number of benzene rings is 2. The molecule has 3 aromatic rings. The van der Waals surface area contributed by atoms with Gasteiger partial charge in [-0.2, -0.15) is 0 Å². The van der Waals surface area contributed by atoms with Crippen molar-refractivity contribution in [1.29, 1.82) is 0 Å². The summed E-state index contributed by atoms with van der Waals surface area (Å²) >= 11 is 0. The van der Waals surface area contributed by atoms with Crippen LogP contribution in [0, 0.1) is 5.82 Å². The lowest BCUT2D eigenvalue weighted by Gasteiger charge is -2.17. The number of hydrogen-bond donors (Lipinski definition) is 0. The van der Waals surface area contributed by atoms with Gasteiger partial charge in [-0.15, -0.1) is 0 Å². The van der Waals surface area contributed by atoms with E-state index in [0.717, 1.165) is 22.3 Å². The van der Waals surface area contributed by atoms with Crippen LogP contribution in [0.25, 0.3) is 11.1 Å². The van der Waals surface area contributed by atoms with E-state index in [4.69, 9.17) is 9.73 Å². The highest BCUT2D eigenvalue weighted by Gasteiger charge is 2.24. The van der Waals surface area contributed by atoms with Crippen LogP contribution in [0.5, 0.6) is 5.75 Å². The van der Waals surface area contributed by atoms with E-state index < -0.39 is 9.84 Å². The second-order valence-electron chi connectivity index (χ2n) is 7.72. The van der Waals surface area contributed by atoms with Gasteiger partial charge >= 0.3 is 0 Å². The quantitative estimate of drug-likeness (QED) is 0.591. The average Bonchev–Trinajstić information content (AvgIpc) is 2.91. The zero-order valence-corrected chi connectivity index (χ0v) is 18.9. The third-order valence-electron chi connectivity index (χ3n) is 5.62. The lowest BCUT2D eigenvalue weighted by Crippen LogP contribution is -2.16. The number of aliphatic imine (C=N–C) groups is 1. The van der Waals surface area contributed by atoms with Gasteiger partial charge in [-0.3, -0.25) is 9.79 Å². The SMILES string of the molecule is CCS(=O)(=O)Cc1cc2c(cc1OC)C(c1ccc(F)cc1)=NCc1cc(=O)n(C)cc1-2. The van der Waals surface area contributed by atoms with E-state index in [1.165, 1.54) is 23.8 Å². The van der Waals surface area contributed by atoms with Crippen LogP contribution in [0.3, 0.4) is 0 Å². The maximum absolute atomic E-state index is 13.5. The summed E-state index contributed by atoms with van der Waals surface area (Å²) in [5.74, 6) is -0.0684. The summed E-state index contributed by atoms with van der Waals surface area (Å²) < 4.78 is 45.3. The molecule has 166 valence electrons. The first-order valence-electron chi connectivity index (χ1n) is 10.1. The summed E-state index contributed by atoms with van der Waals surface area (Å²) in [6, 6.07) is 11.1. The Labute approximate surface area is 185 Å². The molecule has 0 aliphatic carbocycles. The molecule has 0 spiro atoms. The van der Waals surface area contributed by atoms with E-state index in [9.17, 15) is 17.6 Å². The molecule has 0 bridgehead atoms. The Morgan fingerprint density at radius 3 is 2.47 bits per heavy atom. The van der Waals surface area contributed by atoms with Crippen molar-refractivity contribution in [2.24, 2.45) is 12.0 Å². The van der Waals surface area contributed by atoms with Crippen molar-refractivity contribution in [2.45, 2.75) is 19.2 Å². The number of ether oxygens (including phenoxy) is 1. The number of hydrogen-bond acceptors (Lipinski definition) is 5. The van der Waals surface area contributed by atoms with Crippen molar-refractivity contribution < 1.29 is 17.5 Å². The summed E-state index contributed by atoms with van der Waals surface area (Å²) in [7, 11) is -0.150. The van der Waals surface area contributed by atoms with E-state index in [2.05, 4.69) is 0 Å². The first-order chi connectivity index (χ1) is 15.2. The van der Waals surface area contributed by atoms with Crippen LogP contribution >= 0.6 is 0 Å². The van der Waals surface area contributed by atoms with Crippen LogP contribution in [0.4, 0.5) is 4.39 Å². The fourth-order valence-electron chi connectivity index (χ4n) is 3.83. The second kappa shape index (κ2) is 8.35. The number of aryl methyl sites for hydroxylation is 1. The van der Waals surface area contributed by atoms with E-state index in [-0.39, 0.29) is 29.4 Å². The molecule has 32 heavy (non-hydrogen) atoms. The van der Waals surface area contributed by atoms with Crippen molar-refractivity contribution in [2.75, 3.05) is 12.9 Å². The number of sulfone groups is 1. The maximum atomic E-state index is 13.5. The van der Waals surface area contributed by atoms with Crippen LogP contribution in [0.2, 0.25) is 0 Å². The molecule has 2 aromatic carbocycles. The molecule has 1 aromatic heterocycles. The van der Waals surface area contributed by atoms with Crippen molar-refractivity contribution in [3.8, 4) is 16.9 Å². The summed E-state index contributed by atoms with van der Waals surface area (Å²) in [6.07, 6.45) is 1.74. The Hall–Kier alpha value is -3.26. The average molecular weight is 455 g/mol. The Kier molecular flexibility index (Phi) is 5.73. The predicted molar refractivity (Wildman–Crippen MR) is 123 cm³/mol. The second-order valence-corrected chi connectivity index (χ2v) is 10.1. The van der Waals surface area contributed by atoms with Gasteiger partial charge in [-0.05, 0) is 47.5 Å². The Morgan fingerprint density at radius 2 is 1.81 bits per heavy atom. The molecule has 0 radical (unpaired) electrons.